The summed E-state index contributed by atoms with van der Waals surface area (Å²) in [7, 11) is -2.07. The van der Waals surface area contributed by atoms with Crippen molar-refractivity contribution in [2.75, 3.05) is 24.3 Å². The Morgan fingerprint density at radius 2 is 1.68 bits per heavy atom. The van der Waals surface area contributed by atoms with E-state index >= 15 is 0 Å². The Hall–Kier alpha value is -2.74. The molecule has 7 nitrogen and oxygen atoms in total. The van der Waals surface area contributed by atoms with Gasteiger partial charge in [0.2, 0.25) is 15.9 Å². The van der Waals surface area contributed by atoms with Crippen LogP contribution in [0.5, 0.6) is 11.5 Å². The second-order valence-electron chi connectivity index (χ2n) is 8.75. The number of carbonyl (C=O) groups excluding carboxylic acids is 1. The van der Waals surface area contributed by atoms with Crippen LogP contribution in [0.1, 0.15) is 69.7 Å². The number of rotatable bonds is 11. The number of ether oxygens (including phenoxy) is 2. The molecule has 0 heterocycles. The SMILES string of the molecule is CCOc1ccc(N([C@H](CC)C(=O)N[C@H](C)c2cc(C(C)C)c(OC)cc2C)S(C)(=O)=O)cc1. The van der Waals surface area contributed by atoms with Crippen molar-refractivity contribution in [2.45, 2.75) is 66.0 Å². The molecule has 2 aromatic rings. The van der Waals surface area contributed by atoms with Gasteiger partial charge in [-0.25, -0.2) is 8.42 Å². The van der Waals surface area contributed by atoms with Gasteiger partial charge in [0.15, 0.2) is 0 Å². The summed E-state index contributed by atoms with van der Waals surface area (Å²) >= 11 is 0. The first-order valence-electron chi connectivity index (χ1n) is 11.7. The highest BCUT2D eigenvalue weighted by Gasteiger charge is 2.32. The van der Waals surface area contributed by atoms with Crippen molar-refractivity contribution in [3.8, 4) is 11.5 Å². The fourth-order valence-corrected chi connectivity index (χ4v) is 5.33. The monoisotopic (exact) mass is 490 g/mol. The molecule has 0 saturated carbocycles. The second-order valence-corrected chi connectivity index (χ2v) is 10.6. The van der Waals surface area contributed by atoms with Gasteiger partial charge < -0.3 is 14.8 Å². The number of hydrogen-bond acceptors (Lipinski definition) is 5. The van der Waals surface area contributed by atoms with Gasteiger partial charge in [-0.05, 0) is 86.2 Å². The molecule has 0 aliphatic rings. The summed E-state index contributed by atoms with van der Waals surface area (Å²) in [6.45, 7) is 12.3. The molecule has 2 atom stereocenters. The Kier molecular flexibility index (Phi) is 9.38. The maximum atomic E-state index is 13.4. The summed E-state index contributed by atoms with van der Waals surface area (Å²) in [4.78, 5) is 13.4. The molecule has 188 valence electrons. The standard InChI is InChI=1S/C26H38N2O5S/c1-9-24(28(34(8,30)31)20-11-13-21(14-12-20)33-10-2)26(29)27-19(6)23-16-22(17(3)4)25(32-7)15-18(23)5/h11-17,19,24H,9-10H2,1-8H3,(H,27,29)/t19-,24-/m1/s1. The normalized spacial score (nSPS) is 13.3. The highest BCUT2D eigenvalue weighted by Crippen LogP contribution is 2.32. The third-order valence-corrected chi connectivity index (χ3v) is 6.98. The average molecular weight is 491 g/mol. The van der Waals surface area contributed by atoms with Gasteiger partial charge in [-0.3, -0.25) is 9.10 Å². The summed E-state index contributed by atoms with van der Waals surface area (Å²) < 4.78 is 37.7. The minimum Gasteiger partial charge on any atom is -0.496 e. The molecule has 8 heteroatoms. The minimum atomic E-state index is -3.72. The van der Waals surface area contributed by atoms with Crippen molar-refractivity contribution in [3.63, 3.8) is 0 Å². The first-order chi connectivity index (χ1) is 15.9. The molecular weight excluding hydrogens is 452 g/mol. The predicted molar refractivity (Wildman–Crippen MR) is 137 cm³/mol. The topological polar surface area (TPSA) is 84.9 Å². The smallest absolute Gasteiger partial charge is 0.244 e. The van der Waals surface area contributed by atoms with E-state index in [9.17, 15) is 13.2 Å². The minimum absolute atomic E-state index is 0.251. The molecule has 0 bridgehead atoms. The molecule has 0 saturated heterocycles. The number of nitrogens with one attached hydrogen (secondary N) is 1. The Morgan fingerprint density at radius 1 is 1.06 bits per heavy atom. The maximum Gasteiger partial charge on any atom is 0.244 e. The van der Waals surface area contributed by atoms with E-state index in [0.29, 0.717) is 24.5 Å². The van der Waals surface area contributed by atoms with Crippen molar-refractivity contribution >= 4 is 21.6 Å². The largest absolute Gasteiger partial charge is 0.496 e. The molecule has 0 aliphatic heterocycles. The zero-order valence-electron chi connectivity index (χ0n) is 21.5. The Morgan fingerprint density at radius 3 is 2.15 bits per heavy atom. The van der Waals surface area contributed by atoms with Gasteiger partial charge in [-0.1, -0.05) is 20.8 Å². The van der Waals surface area contributed by atoms with Gasteiger partial charge in [-0.15, -0.1) is 0 Å². The van der Waals surface area contributed by atoms with Crippen molar-refractivity contribution in [1.29, 1.82) is 0 Å². The van der Waals surface area contributed by atoms with Crippen LogP contribution in [0.3, 0.4) is 0 Å². The number of methoxy groups -OCH3 is 1. The Balaban J connectivity index is 2.37. The van der Waals surface area contributed by atoms with E-state index in [1.54, 1.807) is 38.3 Å². The van der Waals surface area contributed by atoms with Crippen LogP contribution in [0.25, 0.3) is 0 Å². The summed E-state index contributed by atoms with van der Waals surface area (Å²) in [6, 6.07) is 9.57. The van der Waals surface area contributed by atoms with E-state index in [1.165, 1.54) is 4.31 Å². The lowest BCUT2D eigenvalue weighted by Crippen LogP contribution is -2.49. The molecule has 0 spiro atoms. The second kappa shape index (κ2) is 11.6. The van der Waals surface area contributed by atoms with Crippen LogP contribution >= 0.6 is 0 Å². The first kappa shape index (κ1) is 27.5. The number of amides is 1. The van der Waals surface area contributed by atoms with Crippen molar-refractivity contribution < 1.29 is 22.7 Å². The zero-order valence-corrected chi connectivity index (χ0v) is 22.3. The van der Waals surface area contributed by atoms with Crippen LogP contribution in [0.4, 0.5) is 5.69 Å². The van der Waals surface area contributed by atoms with Gasteiger partial charge in [0, 0.05) is 0 Å². The van der Waals surface area contributed by atoms with Gasteiger partial charge in [-0.2, -0.15) is 0 Å². The number of carbonyl (C=O) groups is 1. The molecule has 0 aliphatic carbocycles. The zero-order chi connectivity index (χ0) is 25.6. The number of nitrogens with zero attached hydrogens (tertiary/aromatic N) is 1. The lowest BCUT2D eigenvalue weighted by molar-refractivity contribution is -0.122. The fraction of sp³-hybridized carbons (Fsp3) is 0.500. The molecule has 1 N–H and O–H groups in total. The van der Waals surface area contributed by atoms with Gasteiger partial charge in [0.1, 0.15) is 17.5 Å². The van der Waals surface area contributed by atoms with E-state index in [1.807, 2.05) is 26.8 Å². The molecular formula is C26H38N2O5S. The van der Waals surface area contributed by atoms with E-state index < -0.39 is 16.1 Å². The maximum absolute atomic E-state index is 13.4. The number of benzene rings is 2. The molecule has 1 amide bonds. The molecule has 0 fully saturated rings. The molecule has 0 unspecified atom stereocenters. The Labute approximate surface area is 204 Å². The van der Waals surface area contributed by atoms with Crippen molar-refractivity contribution in [1.82, 2.24) is 5.32 Å². The van der Waals surface area contributed by atoms with Crippen molar-refractivity contribution in [2.24, 2.45) is 0 Å². The lowest BCUT2D eigenvalue weighted by atomic mass is 9.93. The number of sulfonamides is 1. The summed E-state index contributed by atoms with van der Waals surface area (Å²) in [5.41, 5.74) is 3.44. The van der Waals surface area contributed by atoms with Gasteiger partial charge >= 0.3 is 0 Å². The van der Waals surface area contributed by atoms with Crippen LogP contribution < -0.4 is 19.1 Å². The quantitative estimate of drug-likeness (QED) is 0.482. The molecule has 34 heavy (non-hydrogen) atoms. The average Bonchev–Trinajstić information content (AvgIpc) is 2.76. The highest BCUT2D eigenvalue weighted by molar-refractivity contribution is 7.92. The molecule has 0 aromatic heterocycles. The third-order valence-electron chi connectivity index (χ3n) is 5.80. The van der Waals surface area contributed by atoms with E-state index in [0.717, 1.165) is 28.7 Å². The van der Waals surface area contributed by atoms with Gasteiger partial charge in [0.25, 0.3) is 0 Å². The van der Waals surface area contributed by atoms with Crippen LogP contribution in [-0.2, 0) is 14.8 Å². The van der Waals surface area contributed by atoms with Crippen LogP contribution in [0.2, 0.25) is 0 Å². The fourth-order valence-electron chi connectivity index (χ4n) is 4.11. The first-order valence-corrected chi connectivity index (χ1v) is 13.5. The van der Waals surface area contributed by atoms with E-state index in [2.05, 4.69) is 25.2 Å². The Bertz CT molecular complexity index is 1080. The van der Waals surface area contributed by atoms with Crippen LogP contribution in [0.15, 0.2) is 36.4 Å². The highest BCUT2D eigenvalue weighted by atomic mass is 32.2. The van der Waals surface area contributed by atoms with E-state index in [-0.39, 0.29) is 17.9 Å². The molecule has 2 rings (SSSR count). The number of aryl methyl sites for hydroxylation is 1. The third kappa shape index (κ3) is 6.44. The number of hydrogen-bond donors (Lipinski definition) is 1. The van der Waals surface area contributed by atoms with Crippen LogP contribution in [-0.4, -0.2) is 40.3 Å². The number of anilines is 1. The van der Waals surface area contributed by atoms with Gasteiger partial charge in [0.05, 0.1) is 31.7 Å². The van der Waals surface area contributed by atoms with Crippen LogP contribution in [0, 0.1) is 6.92 Å². The molecule has 2 aromatic carbocycles. The predicted octanol–water partition coefficient (Wildman–Crippen LogP) is 4.95. The summed E-state index contributed by atoms with van der Waals surface area (Å²) in [5, 5.41) is 3.04. The van der Waals surface area contributed by atoms with E-state index in [4.69, 9.17) is 9.47 Å². The summed E-state index contributed by atoms with van der Waals surface area (Å²) in [5.74, 6) is 1.36. The van der Waals surface area contributed by atoms with Crippen molar-refractivity contribution in [3.05, 3.63) is 53.1 Å². The molecule has 0 radical (unpaired) electrons. The summed E-state index contributed by atoms with van der Waals surface area (Å²) in [6.07, 6.45) is 1.43. The lowest BCUT2D eigenvalue weighted by Gasteiger charge is -2.31.